The summed E-state index contributed by atoms with van der Waals surface area (Å²) in [6, 6.07) is -0.506. The molecule has 21 heavy (non-hydrogen) atoms. The van der Waals surface area contributed by atoms with Crippen LogP contribution in [0.2, 0.25) is 0 Å². The first-order chi connectivity index (χ1) is 9.67. The monoisotopic (exact) mass is 294 g/mol. The Bertz CT molecular complexity index is 547. The molecule has 2 heterocycles. The number of nitrogens with one attached hydrogen (secondary N) is 1. The van der Waals surface area contributed by atoms with Crippen molar-refractivity contribution in [1.29, 1.82) is 0 Å². The van der Waals surface area contributed by atoms with Crippen LogP contribution in [-0.2, 0) is 21.4 Å². The normalized spacial score (nSPS) is 26.7. The maximum atomic E-state index is 12.4. The van der Waals surface area contributed by atoms with Crippen molar-refractivity contribution in [2.24, 2.45) is 13.0 Å². The van der Waals surface area contributed by atoms with Crippen LogP contribution >= 0.6 is 0 Å². The van der Waals surface area contributed by atoms with Gasteiger partial charge in [-0.3, -0.25) is 14.3 Å². The van der Waals surface area contributed by atoms with Crippen molar-refractivity contribution in [3.63, 3.8) is 0 Å². The van der Waals surface area contributed by atoms with E-state index < -0.39 is 23.5 Å². The molecule has 0 bridgehead atoms. The molecule has 1 aromatic heterocycles. The van der Waals surface area contributed by atoms with Crippen molar-refractivity contribution >= 4 is 11.8 Å². The predicted octanol–water partition coefficient (Wildman–Crippen LogP) is 0.765. The first kappa shape index (κ1) is 15.6. The molecule has 1 aliphatic heterocycles. The molecule has 0 spiro atoms. The van der Waals surface area contributed by atoms with E-state index in [4.69, 9.17) is 4.74 Å². The number of Topliss-reactive ketones (excluding diaryl/α,β-unsaturated/α-hetero) is 1. The molecule has 0 aromatic carbocycles. The van der Waals surface area contributed by atoms with Gasteiger partial charge in [-0.1, -0.05) is 5.21 Å². The van der Waals surface area contributed by atoms with Gasteiger partial charge in [-0.05, 0) is 27.7 Å². The van der Waals surface area contributed by atoms with Gasteiger partial charge in [0.15, 0.2) is 5.78 Å². The van der Waals surface area contributed by atoms with E-state index in [-0.39, 0.29) is 11.8 Å². The van der Waals surface area contributed by atoms with Crippen LogP contribution in [0.25, 0.3) is 0 Å². The topological polar surface area (TPSA) is 86.1 Å². The van der Waals surface area contributed by atoms with E-state index in [9.17, 15) is 9.59 Å². The molecule has 1 aromatic rings. The number of nitrogens with zero attached hydrogens (tertiary/aromatic N) is 3. The van der Waals surface area contributed by atoms with Gasteiger partial charge < -0.3 is 10.1 Å². The van der Waals surface area contributed by atoms with E-state index >= 15 is 0 Å². The van der Waals surface area contributed by atoms with E-state index in [0.717, 1.165) is 0 Å². The van der Waals surface area contributed by atoms with E-state index in [0.29, 0.717) is 12.1 Å². The van der Waals surface area contributed by atoms with E-state index in [2.05, 4.69) is 15.6 Å². The molecule has 0 aliphatic carbocycles. The van der Waals surface area contributed by atoms with Crippen molar-refractivity contribution in [2.45, 2.75) is 51.8 Å². The highest BCUT2D eigenvalue weighted by Gasteiger charge is 2.43. The van der Waals surface area contributed by atoms with Gasteiger partial charge in [-0.2, -0.15) is 0 Å². The molecule has 7 nitrogen and oxygen atoms in total. The Labute approximate surface area is 124 Å². The summed E-state index contributed by atoms with van der Waals surface area (Å²) in [6.45, 7) is 7.26. The van der Waals surface area contributed by atoms with Crippen molar-refractivity contribution in [3.05, 3.63) is 11.9 Å². The summed E-state index contributed by atoms with van der Waals surface area (Å²) in [5.74, 6) is -1.51. The number of rotatable bonds is 2. The Balaban J connectivity index is 2.29. The van der Waals surface area contributed by atoms with E-state index in [1.807, 2.05) is 6.92 Å². The molecule has 2 unspecified atom stereocenters. The summed E-state index contributed by atoms with van der Waals surface area (Å²) < 4.78 is 6.94. The average molecular weight is 294 g/mol. The van der Waals surface area contributed by atoms with Gasteiger partial charge in [0.05, 0.1) is 6.04 Å². The largest absolute Gasteiger partial charge is 0.459 e. The number of aromatic nitrogens is 3. The number of piperidine rings is 1. The Kier molecular flexibility index (Phi) is 4.13. The lowest BCUT2D eigenvalue weighted by Crippen LogP contribution is -2.50. The molecular formula is C14H22N4O3. The fourth-order valence-electron chi connectivity index (χ4n) is 2.47. The lowest BCUT2D eigenvalue weighted by molar-refractivity contribution is -0.164. The van der Waals surface area contributed by atoms with Gasteiger partial charge in [0.2, 0.25) is 0 Å². The fraction of sp³-hybridized carbons (Fsp3) is 0.714. The number of esters is 1. The van der Waals surface area contributed by atoms with E-state index in [1.54, 1.807) is 38.7 Å². The van der Waals surface area contributed by atoms with Gasteiger partial charge >= 0.3 is 5.97 Å². The highest BCUT2D eigenvalue weighted by molar-refractivity contribution is 6.00. The summed E-state index contributed by atoms with van der Waals surface area (Å²) in [4.78, 5) is 24.7. The lowest BCUT2D eigenvalue weighted by atomic mass is 9.85. The van der Waals surface area contributed by atoms with Crippen LogP contribution in [-0.4, -0.2) is 38.4 Å². The molecule has 3 atom stereocenters. The molecule has 2 rings (SSSR count). The minimum atomic E-state index is -0.878. The Hall–Kier alpha value is -1.76. The summed E-state index contributed by atoms with van der Waals surface area (Å²) >= 11 is 0. The molecule has 1 N–H and O–H groups in total. The predicted molar refractivity (Wildman–Crippen MR) is 75.3 cm³/mol. The second kappa shape index (κ2) is 5.55. The molecule has 0 amide bonds. The summed E-state index contributed by atoms with van der Waals surface area (Å²) in [5.41, 5.74) is -0.0545. The van der Waals surface area contributed by atoms with Crippen molar-refractivity contribution in [1.82, 2.24) is 20.3 Å². The maximum absolute atomic E-state index is 12.4. The number of ether oxygens (including phenoxy) is 1. The fourth-order valence-corrected chi connectivity index (χ4v) is 2.47. The quantitative estimate of drug-likeness (QED) is 0.640. The third kappa shape index (κ3) is 3.66. The Morgan fingerprint density at radius 2 is 2.14 bits per heavy atom. The van der Waals surface area contributed by atoms with Gasteiger partial charge in [0.25, 0.3) is 0 Å². The van der Waals surface area contributed by atoms with Crippen LogP contribution in [0.15, 0.2) is 6.20 Å². The van der Waals surface area contributed by atoms with Crippen molar-refractivity contribution in [3.8, 4) is 0 Å². The van der Waals surface area contributed by atoms with Gasteiger partial charge in [-0.25, -0.2) is 0 Å². The first-order valence-electron chi connectivity index (χ1n) is 7.05. The molecule has 116 valence electrons. The number of carbonyl (C=O) groups is 2. The minimum Gasteiger partial charge on any atom is -0.459 e. The third-order valence-electron chi connectivity index (χ3n) is 3.25. The summed E-state index contributed by atoms with van der Waals surface area (Å²) in [7, 11) is 1.74. The molecule has 1 aliphatic rings. The molecule has 0 saturated carbocycles. The second-order valence-electron chi connectivity index (χ2n) is 6.54. The van der Waals surface area contributed by atoms with Crippen LogP contribution in [0.3, 0.4) is 0 Å². The smallest absolute Gasteiger partial charge is 0.319 e. The number of ketones is 1. The second-order valence-corrected chi connectivity index (χ2v) is 6.54. The minimum absolute atomic E-state index is 0.0109. The standard InChI is InChI=1S/C14H22N4O3/c1-8-6-10(19)11(13(20)21-14(2,3)4)12(15-8)9-7-18(5)17-16-9/h7-8,11-12,15H,6H2,1-5H3/t8-,11?,12?/m0/s1. The third-order valence-corrected chi connectivity index (χ3v) is 3.25. The lowest BCUT2D eigenvalue weighted by Gasteiger charge is -2.34. The molecular weight excluding hydrogens is 272 g/mol. The molecule has 1 fully saturated rings. The number of hydrogen-bond acceptors (Lipinski definition) is 6. The summed E-state index contributed by atoms with van der Waals surface area (Å²) in [5, 5.41) is 11.2. The molecule has 7 heteroatoms. The highest BCUT2D eigenvalue weighted by Crippen LogP contribution is 2.30. The van der Waals surface area contributed by atoms with Crippen LogP contribution in [0.5, 0.6) is 0 Å². The zero-order valence-corrected chi connectivity index (χ0v) is 13.1. The maximum Gasteiger partial charge on any atom is 0.319 e. The Morgan fingerprint density at radius 3 is 2.67 bits per heavy atom. The van der Waals surface area contributed by atoms with Crippen molar-refractivity contribution in [2.75, 3.05) is 0 Å². The average Bonchev–Trinajstić information content (AvgIpc) is 2.72. The highest BCUT2D eigenvalue weighted by atomic mass is 16.6. The molecule has 1 saturated heterocycles. The Morgan fingerprint density at radius 1 is 1.48 bits per heavy atom. The van der Waals surface area contributed by atoms with Crippen LogP contribution < -0.4 is 5.32 Å². The van der Waals surface area contributed by atoms with Crippen molar-refractivity contribution < 1.29 is 14.3 Å². The number of hydrogen-bond donors (Lipinski definition) is 1. The first-order valence-corrected chi connectivity index (χ1v) is 7.05. The van der Waals surface area contributed by atoms with Crippen LogP contribution in [0.1, 0.15) is 45.9 Å². The van der Waals surface area contributed by atoms with Gasteiger partial charge in [0.1, 0.15) is 17.2 Å². The van der Waals surface area contributed by atoms with Gasteiger partial charge in [-0.15, -0.1) is 5.10 Å². The summed E-state index contributed by atoms with van der Waals surface area (Å²) in [6.07, 6.45) is 2.01. The van der Waals surface area contributed by atoms with Gasteiger partial charge in [0, 0.05) is 25.7 Å². The van der Waals surface area contributed by atoms with E-state index in [1.165, 1.54) is 0 Å². The zero-order valence-electron chi connectivity index (χ0n) is 13.1. The zero-order chi connectivity index (χ0) is 15.8. The SMILES string of the molecule is C[C@H]1CC(=O)C(C(=O)OC(C)(C)C)C(c2cn(C)nn2)N1. The molecule has 0 radical (unpaired) electrons. The number of aryl methyl sites for hydroxylation is 1. The van der Waals surface area contributed by atoms with Crippen LogP contribution in [0, 0.1) is 5.92 Å². The van der Waals surface area contributed by atoms with Crippen LogP contribution in [0.4, 0.5) is 0 Å². The number of carbonyl (C=O) groups excluding carboxylic acids is 2.